The number of halogens is 1. The van der Waals surface area contributed by atoms with Crippen molar-refractivity contribution in [3.63, 3.8) is 0 Å². The minimum atomic E-state index is -0.195. The third-order valence-electron chi connectivity index (χ3n) is 1.98. The van der Waals surface area contributed by atoms with Gasteiger partial charge < -0.3 is 5.32 Å². The van der Waals surface area contributed by atoms with Crippen LogP contribution in [0, 0.1) is 5.82 Å². The summed E-state index contributed by atoms with van der Waals surface area (Å²) in [6.07, 6.45) is 0. The van der Waals surface area contributed by atoms with E-state index in [4.69, 9.17) is 0 Å². The second kappa shape index (κ2) is 3.80. The van der Waals surface area contributed by atoms with Gasteiger partial charge in [0.1, 0.15) is 5.82 Å². The average molecular weight is 207 g/mol. The van der Waals surface area contributed by atoms with Crippen molar-refractivity contribution in [1.29, 1.82) is 0 Å². The van der Waals surface area contributed by atoms with Gasteiger partial charge in [0, 0.05) is 11.9 Å². The third kappa shape index (κ3) is 1.77. The Morgan fingerprint density at radius 2 is 1.79 bits per heavy atom. The molecule has 2 rings (SSSR count). The molecule has 1 aromatic carbocycles. The van der Waals surface area contributed by atoms with Gasteiger partial charge >= 0.3 is 0 Å². The van der Waals surface area contributed by atoms with Crippen LogP contribution in [0.5, 0.6) is 0 Å². The van der Waals surface area contributed by atoms with Crippen molar-refractivity contribution in [3.8, 4) is 10.4 Å². The van der Waals surface area contributed by atoms with Gasteiger partial charge in [-0.25, -0.2) is 4.39 Å². The molecule has 0 amide bonds. The maximum Gasteiger partial charge on any atom is 0.123 e. The number of hydrogen-bond donors (Lipinski definition) is 1. The molecule has 0 saturated heterocycles. The van der Waals surface area contributed by atoms with E-state index >= 15 is 0 Å². The first-order chi connectivity index (χ1) is 6.79. The fraction of sp³-hybridized carbons (Fsp3) is 0.0909. The number of thiophene rings is 1. The number of rotatable bonds is 2. The van der Waals surface area contributed by atoms with Crippen molar-refractivity contribution in [1.82, 2.24) is 0 Å². The lowest BCUT2D eigenvalue weighted by molar-refractivity contribution is 0.628. The van der Waals surface area contributed by atoms with Crippen molar-refractivity contribution in [2.45, 2.75) is 0 Å². The molecule has 72 valence electrons. The van der Waals surface area contributed by atoms with Crippen molar-refractivity contribution in [3.05, 3.63) is 42.2 Å². The summed E-state index contributed by atoms with van der Waals surface area (Å²) in [7, 11) is 1.89. The highest BCUT2D eigenvalue weighted by Gasteiger charge is 2.01. The van der Waals surface area contributed by atoms with Crippen molar-refractivity contribution >= 4 is 16.3 Å². The Balaban J connectivity index is 2.34. The van der Waals surface area contributed by atoms with Gasteiger partial charge in [-0.15, -0.1) is 11.3 Å². The first kappa shape index (κ1) is 9.21. The second-order valence-corrected chi connectivity index (χ2v) is 4.00. The SMILES string of the molecule is CNc1ccc(-c2ccc(F)cc2)s1. The molecule has 0 saturated carbocycles. The molecule has 0 radical (unpaired) electrons. The van der Waals surface area contributed by atoms with Gasteiger partial charge in [-0.05, 0) is 29.8 Å². The summed E-state index contributed by atoms with van der Waals surface area (Å²) in [6, 6.07) is 10.6. The normalized spacial score (nSPS) is 10.1. The summed E-state index contributed by atoms with van der Waals surface area (Å²) in [5.41, 5.74) is 1.05. The van der Waals surface area contributed by atoms with Crippen LogP contribution in [0.3, 0.4) is 0 Å². The Kier molecular flexibility index (Phi) is 2.50. The molecule has 0 aliphatic carbocycles. The molecule has 0 unspecified atom stereocenters. The monoisotopic (exact) mass is 207 g/mol. The molecule has 1 nitrogen and oxygen atoms in total. The van der Waals surface area contributed by atoms with E-state index in [1.807, 2.05) is 19.2 Å². The molecule has 1 heterocycles. The van der Waals surface area contributed by atoms with Crippen LogP contribution >= 0.6 is 11.3 Å². The highest BCUT2D eigenvalue weighted by molar-refractivity contribution is 7.19. The Bertz CT molecular complexity index is 419. The fourth-order valence-corrected chi connectivity index (χ4v) is 2.11. The van der Waals surface area contributed by atoms with Crippen molar-refractivity contribution in [2.24, 2.45) is 0 Å². The lowest BCUT2D eigenvalue weighted by Crippen LogP contribution is -1.79. The first-order valence-corrected chi connectivity index (χ1v) is 5.15. The fourth-order valence-electron chi connectivity index (χ4n) is 1.24. The molecule has 0 aliphatic rings. The number of hydrogen-bond acceptors (Lipinski definition) is 2. The van der Waals surface area contributed by atoms with E-state index in [2.05, 4.69) is 5.32 Å². The van der Waals surface area contributed by atoms with Crippen LogP contribution in [0.4, 0.5) is 9.39 Å². The maximum absolute atomic E-state index is 12.7. The molecule has 0 bridgehead atoms. The lowest BCUT2D eigenvalue weighted by atomic mass is 10.2. The van der Waals surface area contributed by atoms with Gasteiger partial charge in [0.05, 0.1) is 5.00 Å². The largest absolute Gasteiger partial charge is 0.380 e. The summed E-state index contributed by atoms with van der Waals surface area (Å²) in [6.45, 7) is 0. The van der Waals surface area contributed by atoms with E-state index in [9.17, 15) is 4.39 Å². The molecule has 14 heavy (non-hydrogen) atoms. The molecular weight excluding hydrogens is 197 g/mol. The molecular formula is C11H10FNS. The van der Waals surface area contributed by atoms with E-state index in [0.29, 0.717) is 0 Å². The number of benzene rings is 1. The Hall–Kier alpha value is -1.35. The summed E-state index contributed by atoms with van der Waals surface area (Å²) in [5.74, 6) is -0.195. The van der Waals surface area contributed by atoms with Crippen LogP contribution in [-0.2, 0) is 0 Å². The van der Waals surface area contributed by atoms with E-state index in [0.717, 1.165) is 15.4 Å². The zero-order chi connectivity index (χ0) is 9.97. The topological polar surface area (TPSA) is 12.0 Å². The standard InChI is InChI=1S/C11H10FNS/c1-13-11-7-6-10(14-11)8-2-4-9(12)5-3-8/h2-7,13H,1H3. The van der Waals surface area contributed by atoms with Gasteiger partial charge in [0.15, 0.2) is 0 Å². The predicted molar refractivity (Wildman–Crippen MR) is 59.3 cm³/mol. The zero-order valence-corrected chi connectivity index (χ0v) is 8.57. The minimum Gasteiger partial charge on any atom is -0.380 e. The van der Waals surface area contributed by atoms with Crippen LogP contribution in [0.15, 0.2) is 36.4 Å². The molecule has 1 N–H and O–H groups in total. The van der Waals surface area contributed by atoms with Gasteiger partial charge in [-0.2, -0.15) is 0 Å². The van der Waals surface area contributed by atoms with E-state index in [1.54, 1.807) is 23.5 Å². The van der Waals surface area contributed by atoms with E-state index in [1.165, 1.54) is 12.1 Å². The minimum absolute atomic E-state index is 0.195. The van der Waals surface area contributed by atoms with Crippen molar-refractivity contribution in [2.75, 3.05) is 12.4 Å². The smallest absolute Gasteiger partial charge is 0.123 e. The van der Waals surface area contributed by atoms with Crippen LogP contribution in [0.25, 0.3) is 10.4 Å². The maximum atomic E-state index is 12.7. The van der Waals surface area contributed by atoms with E-state index < -0.39 is 0 Å². The van der Waals surface area contributed by atoms with Crippen LogP contribution in [-0.4, -0.2) is 7.05 Å². The summed E-state index contributed by atoms with van der Waals surface area (Å²) in [4.78, 5) is 1.15. The molecule has 0 atom stereocenters. The number of anilines is 1. The van der Waals surface area contributed by atoms with Gasteiger partial charge in [-0.1, -0.05) is 12.1 Å². The highest BCUT2D eigenvalue weighted by Crippen LogP contribution is 2.30. The van der Waals surface area contributed by atoms with Gasteiger partial charge in [-0.3, -0.25) is 0 Å². The van der Waals surface area contributed by atoms with Gasteiger partial charge in [0.2, 0.25) is 0 Å². The Labute approximate surface area is 86.2 Å². The lowest BCUT2D eigenvalue weighted by Gasteiger charge is -1.96. The number of nitrogens with one attached hydrogen (secondary N) is 1. The Morgan fingerprint density at radius 3 is 2.36 bits per heavy atom. The average Bonchev–Trinajstić information content (AvgIpc) is 2.67. The van der Waals surface area contributed by atoms with Crippen molar-refractivity contribution < 1.29 is 4.39 Å². The van der Waals surface area contributed by atoms with Gasteiger partial charge in [0.25, 0.3) is 0 Å². The van der Waals surface area contributed by atoms with E-state index in [-0.39, 0.29) is 5.82 Å². The van der Waals surface area contributed by atoms with Crippen LogP contribution in [0.1, 0.15) is 0 Å². The zero-order valence-electron chi connectivity index (χ0n) is 7.75. The highest BCUT2D eigenvalue weighted by atomic mass is 32.1. The van der Waals surface area contributed by atoms with Crippen LogP contribution < -0.4 is 5.32 Å². The quantitative estimate of drug-likeness (QED) is 0.793. The third-order valence-corrected chi connectivity index (χ3v) is 3.13. The summed E-state index contributed by atoms with van der Waals surface area (Å²) < 4.78 is 12.7. The van der Waals surface area contributed by atoms with Crippen LogP contribution in [0.2, 0.25) is 0 Å². The Morgan fingerprint density at radius 1 is 1.07 bits per heavy atom. The summed E-state index contributed by atoms with van der Waals surface area (Å²) >= 11 is 1.66. The predicted octanol–water partition coefficient (Wildman–Crippen LogP) is 3.60. The molecule has 0 aliphatic heterocycles. The molecule has 3 heteroatoms. The molecule has 0 spiro atoms. The molecule has 2 aromatic rings. The molecule has 0 fully saturated rings. The summed E-state index contributed by atoms with van der Waals surface area (Å²) in [5, 5.41) is 4.19. The molecule has 1 aromatic heterocycles. The first-order valence-electron chi connectivity index (χ1n) is 4.33. The second-order valence-electron chi connectivity index (χ2n) is 2.92.